The largest absolute Gasteiger partial charge is 0.271 e. The summed E-state index contributed by atoms with van der Waals surface area (Å²) in [5.74, 6) is 0. The van der Waals surface area contributed by atoms with Crippen LogP contribution in [0.15, 0.2) is 11.6 Å². The molecule has 0 spiro atoms. The molecule has 15 heavy (non-hydrogen) atoms. The van der Waals surface area contributed by atoms with Crippen LogP contribution in [0.2, 0.25) is 0 Å². The molecule has 0 aliphatic carbocycles. The van der Waals surface area contributed by atoms with Gasteiger partial charge in [0.1, 0.15) is 5.69 Å². The molecule has 0 bridgehead atoms. The third kappa shape index (κ3) is 1.79. The average molecular weight is 222 g/mol. The number of hydrogen-bond donors (Lipinski definition) is 0. The van der Waals surface area contributed by atoms with E-state index < -0.39 is 0 Å². The highest BCUT2D eigenvalue weighted by Gasteiger charge is 2.24. The molecule has 0 atom stereocenters. The third-order valence-electron chi connectivity index (χ3n) is 2.29. The first-order valence-electron chi connectivity index (χ1n) is 4.80. The molecule has 2 aromatic heterocycles. The van der Waals surface area contributed by atoms with Crippen LogP contribution in [0.5, 0.6) is 0 Å². The van der Waals surface area contributed by atoms with Gasteiger partial charge in [0, 0.05) is 23.4 Å². The zero-order chi connectivity index (χ0) is 11.1. The summed E-state index contributed by atoms with van der Waals surface area (Å²) in [6, 6.07) is 0. The van der Waals surface area contributed by atoms with E-state index in [9.17, 15) is 0 Å². The normalized spacial score (nSPS) is 12.0. The van der Waals surface area contributed by atoms with Crippen LogP contribution in [0.25, 0.3) is 11.3 Å². The van der Waals surface area contributed by atoms with Gasteiger partial charge in [-0.15, -0.1) is 5.10 Å². The van der Waals surface area contributed by atoms with Crippen molar-refractivity contribution >= 4 is 11.5 Å². The SMILES string of the molecule is Cn1ncc(-c2csnn2)c1C(C)(C)C. The minimum absolute atomic E-state index is 0.0597. The van der Waals surface area contributed by atoms with Gasteiger partial charge in [0.2, 0.25) is 0 Å². The second-order valence-electron chi connectivity index (χ2n) is 4.57. The Morgan fingerprint density at radius 1 is 1.33 bits per heavy atom. The molecule has 0 saturated heterocycles. The number of aryl methyl sites for hydroxylation is 1. The van der Waals surface area contributed by atoms with Crippen LogP contribution in [0.3, 0.4) is 0 Å². The fourth-order valence-corrected chi connectivity index (χ4v) is 2.25. The monoisotopic (exact) mass is 222 g/mol. The minimum atomic E-state index is 0.0597. The van der Waals surface area contributed by atoms with Crippen molar-refractivity contribution in [2.75, 3.05) is 0 Å². The van der Waals surface area contributed by atoms with Crippen molar-refractivity contribution in [3.8, 4) is 11.3 Å². The Morgan fingerprint density at radius 3 is 2.60 bits per heavy atom. The highest BCUT2D eigenvalue weighted by molar-refractivity contribution is 7.03. The fourth-order valence-electron chi connectivity index (χ4n) is 1.80. The van der Waals surface area contributed by atoms with Crippen LogP contribution < -0.4 is 0 Å². The zero-order valence-electron chi connectivity index (χ0n) is 9.35. The van der Waals surface area contributed by atoms with E-state index >= 15 is 0 Å². The van der Waals surface area contributed by atoms with E-state index in [4.69, 9.17) is 0 Å². The topological polar surface area (TPSA) is 43.6 Å². The Labute approximate surface area is 93.1 Å². The molecular formula is C10H14N4S. The lowest BCUT2D eigenvalue weighted by Crippen LogP contribution is -2.17. The summed E-state index contributed by atoms with van der Waals surface area (Å²) in [4.78, 5) is 0. The molecule has 0 unspecified atom stereocenters. The summed E-state index contributed by atoms with van der Waals surface area (Å²) in [5.41, 5.74) is 3.25. The van der Waals surface area contributed by atoms with Crippen molar-refractivity contribution in [2.24, 2.45) is 7.05 Å². The van der Waals surface area contributed by atoms with Crippen molar-refractivity contribution in [2.45, 2.75) is 26.2 Å². The van der Waals surface area contributed by atoms with Gasteiger partial charge in [-0.25, -0.2) is 0 Å². The molecule has 5 heteroatoms. The van der Waals surface area contributed by atoms with Crippen molar-refractivity contribution in [1.82, 2.24) is 19.4 Å². The molecule has 80 valence electrons. The van der Waals surface area contributed by atoms with E-state index in [-0.39, 0.29) is 5.41 Å². The first kappa shape index (κ1) is 10.3. The highest BCUT2D eigenvalue weighted by Crippen LogP contribution is 2.31. The first-order valence-corrected chi connectivity index (χ1v) is 5.63. The van der Waals surface area contributed by atoms with Crippen LogP contribution in [-0.4, -0.2) is 19.4 Å². The van der Waals surface area contributed by atoms with E-state index in [0.29, 0.717) is 0 Å². The highest BCUT2D eigenvalue weighted by atomic mass is 32.1. The molecule has 0 aliphatic heterocycles. The molecule has 0 aliphatic rings. The maximum Gasteiger partial charge on any atom is 0.109 e. The van der Waals surface area contributed by atoms with Gasteiger partial charge in [0.25, 0.3) is 0 Å². The smallest absolute Gasteiger partial charge is 0.109 e. The molecule has 0 fully saturated rings. The van der Waals surface area contributed by atoms with Gasteiger partial charge in [-0.1, -0.05) is 25.3 Å². The lowest BCUT2D eigenvalue weighted by Gasteiger charge is -2.20. The van der Waals surface area contributed by atoms with E-state index in [1.165, 1.54) is 17.2 Å². The number of hydrogen-bond acceptors (Lipinski definition) is 4. The van der Waals surface area contributed by atoms with Gasteiger partial charge in [-0.2, -0.15) is 5.10 Å². The first-order chi connectivity index (χ1) is 7.00. The Balaban J connectivity index is 2.59. The van der Waals surface area contributed by atoms with E-state index in [1.807, 2.05) is 23.3 Å². The lowest BCUT2D eigenvalue weighted by atomic mass is 9.88. The molecule has 0 N–H and O–H groups in total. The Morgan fingerprint density at radius 2 is 2.07 bits per heavy atom. The van der Waals surface area contributed by atoms with Crippen LogP contribution in [0.1, 0.15) is 26.5 Å². The Bertz CT molecular complexity index is 450. The van der Waals surface area contributed by atoms with E-state index in [2.05, 4.69) is 35.5 Å². The molecule has 0 saturated carbocycles. The molecule has 4 nitrogen and oxygen atoms in total. The van der Waals surface area contributed by atoms with Crippen LogP contribution in [0.4, 0.5) is 0 Å². The molecule has 0 aromatic carbocycles. The summed E-state index contributed by atoms with van der Waals surface area (Å²) in [6.45, 7) is 6.52. The van der Waals surface area contributed by atoms with Gasteiger partial charge >= 0.3 is 0 Å². The molecule has 0 amide bonds. The molecule has 2 aromatic rings. The Hall–Kier alpha value is -1.23. The number of nitrogens with zero attached hydrogens (tertiary/aromatic N) is 4. The molecular weight excluding hydrogens is 208 g/mol. The summed E-state index contributed by atoms with van der Waals surface area (Å²) in [7, 11) is 1.96. The predicted octanol–water partition coefficient (Wildman–Crippen LogP) is 2.24. The third-order valence-corrected chi connectivity index (χ3v) is 2.79. The summed E-state index contributed by atoms with van der Waals surface area (Å²) in [6.07, 6.45) is 1.86. The van der Waals surface area contributed by atoms with Gasteiger partial charge < -0.3 is 0 Å². The summed E-state index contributed by atoms with van der Waals surface area (Å²) in [5, 5.41) is 10.3. The minimum Gasteiger partial charge on any atom is -0.271 e. The predicted molar refractivity (Wildman–Crippen MR) is 60.8 cm³/mol. The van der Waals surface area contributed by atoms with Crippen molar-refractivity contribution in [3.63, 3.8) is 0 Å². The second-order valence-corrected chi connectivity index (χ2v) is 5.18. The van der Waals surface area contributed by atoms with Crippen LogP contribution >= 0.6 is 11.5 Å². The van der Waals surface area contributed by atoms with E-state index in [0.717, 1.165) is 11.3 Å². The number of rotatable bonds is 1. The average Bonchev–Trinajstić information content (AvgIpc) is 2.68. The summed E-state index contributed by atoms with van der Waals surface area (Å²) < 4.78 is 5.80. The van der Waals surface area contributed by atoms with Crippen LogP contribution in [0, 0.1) is 0 Å². The summed E-state index contributed by atoms with van der Waals surface area (Å²) >= 11 is 1.36. The lowest BCUT2D eigenvalue weighted by molar-refractivity contribution is 0.524. The Kier molecular flexibility index (Phi) is 2.34. The van der Waals surface area contributed by atoms with Gasteiger partial charge in [0.05, 0.1) is 11.9 Å². The molecule has 2 rings (SSSR count). The van der Waals surface area contributed by atoms with Crippen LogP contribution in [-0.2, 0) is 12.5 Å². The van der Waals surface area contributed by atoms with Crippen molar-refractivity contribution < 1.29 is 0 Å². The zero-order valence-corrected chi connectivity index (χ0v) is 10.2. The molecule has 2 heterocycles. The van der Waals surface area contributed by atoms with E-state index in [1.54, 1.807) is 0 Å². The van der Waals surface area contributed by atoms with Crippen molar-refractivity contribution in [3.05, 3.63) is 17.3 Å². The van der Waals surface area contributed by atoms with Gasteiger partial charge in [-0.3, -0.25) is 4.68 Å². The standard InChI is InChI=1S/C10H14N4S/c1-10(2,3)9-7(5-11-14(9)4)8-6-15-13-12-8/h5-6H,1-4H3. The fraction of sp³-hybridized carbons (Fsp3) is 0.500. The number of aromatic nitrogens is 4. The molecule has 0 radical (unpaired) electrons. The van der Waals surface area contributed by atoms with Crippen molar-refractivity contribution in [1.29, 1.82) is 0 Å². The maximum atomic E-state index is 4.29. The maximum absolute atomic E-state index is 4.29. The van der Waals surface area contributed by atoms with Gasteiger partial charge in [0.15, 0.2) is 0 Å². The van der Waals surface area contributed by atoms with Gasteiger partial charge in [-0.05, 0) is 11.5 Å². The quantitative estimate of drug-likeness (QED) is 0.743. The second kappa shape index (κ2) is 3.41.